The minimum Gasteiger partial charge on any atom is -0.462 e. The predicted molar refractivity (Wildman–Crippen MR) is 320 cm³/mol. The van der Waals surface area contributed by atoms with Crippen molar-refractivity contribution in [3.8, 4) is 0 Å². The maximum atomic E-state index is 12.8. The van der Waals surface area contributed by atoms with E-state index in [2.05, 4.69) is 203 Å². The van der Waals surface area contributed by atoms with E-state index in [1.54, 1.807) is 0 Å². The van der Waals surface area contributed by atoms with Crippen molar-refractivity contribution in [2.75, 3.05) is 13.2 Å². The van der Waals surface area contributed by atoms with Crippen molar-refractivity contribution < 1.29 is 28.6 Å². The summed E-state index contributed by atoms with van der Waals surface area (Å²) in [5.41, 5.74) is 0. The summed E-state index contributed by atoms with van der Waals surface area (Å²) < 4.78 is 16.6. The molecule has 0 fully saturated rings. The van der Waals surface area contributed by atoms with Gasteiger partial charge in [-0.1, -0.05) is 235 Å². The first-order valence-corrected chi connectivity index (χ1v) is 28.8. The fourth-order valence-corrected chi connectivity index (χ4v) is 6.91. The summed E-state index contributed by atoms with van der Waals surface area (Å²) in [7, 11) is 0. The van der Waals surface area contributed by atoms with Crippen LogP contribution in [-0.4, -0.2) is 37.2 Å². The SMILES string of the molecule is CC/C=C\C/C=C\C/C=C\C/C=C\C/C=C\C/C=C\C/C=C\C/C=C\C/C=C\C/C=C\CCCCC(=O)OCC(COC(=O)CCCCCCCC)OC(=O)CCC/C=C\C/C=C\C/C=C\C/C=C\C/C=C\CC. The van der Waals surface area contributed by atoms with Gasteiger partial charge in [-0.25, -0.2) is 0 Å². The summed E-state index contributed by atoms with van der Waals surface area (Å²) in [6.45, 7) is 6.23. The molecule has 1 unspecified atom stereocenters. The summed E-state index contributed by atoms with van der Waals surface area (Å²) in [6.07, 6.45) is 90.7. The molecule has 0 heterocycles. The highest BCUT2D eigenvalue weighted by atomic mass is 16.6. The molecule has 6 heteroatoms. The largest absolute Gasteiger partial charge is 0.462 e. The minimum atomic E-state index is -0.832. The van der Waals surface area contributed by atoms with Gasteiger partial charge in [0.1, 0.15) is 13.2 Å². The Labute approximate surface area is 453 Å². The minimum absolute atomic E-state index is 0.123. The van der Waals surface area contributed by atoms with E-state index in [-0.39, 0.29) is 44.0 Å². The van der Waals surface area contributed by atoms with Gasteiger partial charge in [-0.3, -0.25) is 14.4 Å². The van der Waals surface area contributed by atoms with Crippen LogP contribution in [0.5, 0.6) is 0 Å². The first-order valence-electron chi connectivity index (χ1n) is 28.8. The van der Waals surface area contributed by atoms with E-state index in [0.29, 0.717) is 19.3 Å². The molecule has 0 spiro atoms. The number of unbranched alkanes of at least 4 members (excludes halogenated alkanes) is 8. The Morgan fingerprint density at radius 1 is 0.284 bits per heavy atom. The van der Waals surface area contributed by atoms with E-state index in [9.17, 15) is 14.4 Å². The number of hydrogen-bond donors (Lipinski definition) is 0. The van der Waals surface area contributed by atoms with E-state index in [1.807, 2.05) is 0 Å². The monoisotopic (exact) mass is 1010 g/mol. The summed E-state index contributed by atoms with van der Waals surface area (Å²) >= 11 is 0. The van der Waals surface area contributed by atoms with Crippen molar-refractivity contribution in [1.29, 1.82) is 0 Å². The Hall–Kier alpha value is -5.49. The molecule has 0 saturated heterocycles. The second-order valence-corrected chi connectivity index (χ2v) is 18.1. The Bertz CT molecular complexity index is 1780. The molecule has 0 aromatic carbocycles. The molecule has 0 aromatic heterocycles. The highest BCUT2D eigenvalue weighted by Crippen LogP contribution is 2.11. The summed E-state index contributed by atoms with van der Waals surface area (Å²) in [6, 6.07) is 0. The van der Waals surface area contributed by atoms with E-state index in [4.69, 9.17) is 14.2 Å². The number of ether oxygens (including phenoxy) is 3. The summed E-state index contributed by atoms with van der Waals surface area (Å²) in [4.78, 5) is 37.8. The van der Waals surface area contributed by atoms with Crippen LogP contribution < -0.4 is 0 Å². The van der Waals surface area contributed by atoms with Gasteiger partial charge >= 0.3 is 17.9 Å². The van der Waals surface area contributed by atoms with Gasteiger partial charge in [-0.05, 0) is 135 Å². The molecule has 410 valence electrons. The molecule has 0 bridgehead atoms. The molecule has 74 heavy (non-hydrogen) atoms. The number of esters is 3. The quantitative estimate of drug-likeness (QED) is 0.0261. The normalized spacial score (nSPS) is 13.5. The topological polar surface area (TPSA) is 78.9 Å². The van der Waals surface area contributed by atoms with Crippen molar-refractivity contribution in [1.82, 2.24) is 0 Å². The van der Waals surface area contributed by atoms with Gasteiger partial charge in [-0.15, -0.1) is 0 Å². The third-order valence-corrected chi connectivity index (χ3v) is 11.2. The highest BCUT2D eigenvalue weighted by Gasteiger charge is 2.19. The van der Waals surface area contributed by atoms with Crippen molar-refractivity contribution in [2.24, 2.45) is 0 Å². The van der Waals surface area contributed by atoms with Crippen LogP contribution in [0.4, 0.5) is 0 Å². The molecule has 6 nitrogen and oxygen atoms in total. The number of rotatable bonds is 49. The zero-order chi connectivity index (χ0) is 53.6. The first kappa shape index (κ1) is 68.5. The molecule has 0 saturated carbocycles. The van der Waals surface area contributed by atoms with Gasteiger partial charge in [0.15, 0.2) is 6.10 Å². The second-order valence-electron chi connectivity index (χ2n) is 18.1. The van der Waals surface area contributed by atoms with E-state index in [1.165, 1.54) is 19.3 Å². The van der Waals surface area contributed by atoms with Crippen LogP contribution >= 0.6 is 0 Å². The lowest BCUT2D eigenvalue weighted by molar-refractivity contribution is -0.167. The highest BCUT2D eigenvalue weighted by molar-refractivity contribution is 5.71. The van der Waals surface area contributed by atoms with Crippen molar-refractivity contribution in [3.05, 3.63) is 182 Å². The number of allylic oxidation sites excluding steroid dienone is 30. The fraction of sp³-hybridized carbons (Fsp3) is 0.515. The maximum Gasteiger partial charge on any atom is 0.306 e. The molecule has 0 amide bonds. The number of carbonyl (C=O) groups is 3. The van der Waals surface area contributed by atoms with Crippen LogP contribution in [0.1, 0.15) is 207 Å². The predicted octanol–water partition coefficient (Wildman–Crippen LogP) is 19.7. The average Bonchev–Trinajstić information content (AvgIpc) is 3.40. The standard InChI is InChI=1S/C68H102O6/c1-4-7-10-13-16-18-20-22-24-26-27-28-29-30-31-32-33-34-35-36-37-38-39-40-41-43-44-46-48-50-52-55-58-61-67(70)73-64-65(63-72-66(69)60-57-54-15-12-9-6-3)74-68(71)62-59-56-53-51-49-47-45-42-25-23-21-19-17-14-11-8-5-2/h7-8,10-11,16-19,22-25,27-28,30-31,33-34,36-37,39-40,43-45,47-48,50-51,53,65H,4-6,9,12-15,20-21,26,29,32,35,38,41-42,46,49,52,54-64H2,1-3H3/b10-7-,11-8-,18-16-,19-17-,24-22-,25-23-,28-27-,31-30-,34-33-,37-36-,40-39-,44-43-,47-45-,50-48-,53-51-. The molecule has 0 aliphatic heterocycles. The van der Waals surface area contributed by atoms with Gasteiger partial charge < -0.3 is 14.2 Å². The molecule has 0 aliphatic carbocycles. The van der Waals surface area contributed by atoms with Crippen LogP contribution in [0, 0.1) is 0 Å². The van der Waals surface area contributed by atoms with Gasteiger partial charge in [0, 0.05) is 19.3 Å². The van der Waals surface area contributed by atoms with Gasteiger partial charge in [0.25, 0.3) is 0 Å². The molecule has 0 radical (unpaired) electrons. The van der Waals surface area contributed by atoms with E-state index >= 15 is 0 Å². The van der Waals surface area contributed by atoms with Gasteiger partial charge in [0.2, 0.25) is 0 Å². The number of hydrogen-bond acceptors (Lipinski definition) is 6. The Balaban J connectivity index is 4.32. The second kappa shape index (κ2) is 60.1. The Morgan fingerprint density at radius 3 is 0.865 bits per heavy atom. The lowest BCUT2D eigenvalue weighted by atomic mass is 10.1. The first-order chi connectivity index (χ1) is 36.5. The zero-order valence-corrected chi connectivity index (χ0v) is 46.8. The van der Waals surface area contributed by atoms with Crippen LogP contribution in [0.25, 0.3) is 0 Å². The zero-order valence-electron chi connectivity index (χ0n) is 46.8. The smallest absolute Gasteiger partial charge is 0.306 e. The van der Waals surface area contributed by atoms with Gasteiger partial charge in [0.05, 0.1) is 0 Å². The fourth-order valence-electron chi connectivity index (χ4n) is 6.91. The molecule has 0 aliphatic rings. The van der Waals surface area contributed by atoms with Crippen LogP contribution in [0.3, 0.4) is 0 Å². The molecule has 1 atom stereocenters. The molecular formula is C68H102O6. The maximum absolute atomic E-state index is 12.8. The van der Waals surface area contributed by atoms with Gasteiger partial charge in [-0.2, -0.15) is 0 Å². The van der Waals surface area contributed by atoms with E-state index in [0.717, 1.165) is 135 Å². The third-order valence-electron chi connectivity index (χ3n) is 11.2. The van der Waals surface area contributed by atoms with Crippen LogP contribution in [0.2, 0.25) is 0 Å². The average molecular weight is 1020 g/mol. The summed E-state index contributed by atoms with van der Waals surface area (Å²) in [5.74, 6) is -1.05. The molecule has 0 N–H and O–H groups in total. The molecular weight excluding hydrogens is 913 g/mol. The van der Waals surface area contributed by atoms with Crippen molar-refractivity contribution in [3.63, 3.8) is 0 Å². The third kappa shape index (κ3) is 57.4. The molecule has 0 rings (SSSR count). The van der Waals surface area contributed by atoms with Crippen molar-refractivity contribution in [2.45, 2.75) is 213 Å². The Morgan fingerprint density at radius 2 is 0.541 bits per heavy atom. The summed E-state index contributed by atoms with van der Waals surface area (Å²) in [5, 5.41) is 0. The lowest BCUT2D eigenvalue weighted by Crippen LogP contribution is -2.30. The lowest BCUT2D eigenvalue weighted by Gasteiger charge is -2.18. The van der Waals surface area contributed by atoms with Crippen LogP contribution in [-0.2, 0) is 28.6 Å². The van der Waals surface area contributed by atoms with Crippen LogP contribution in [0.15, 0.2) is 182 Å². The van der Waals surface area contributed by atoms with Crippen molar-refractivity contribution >= 4 is 17.9 Å². The molecule has 0 aromatic rings. The van der Waals surface area contributed by atoms with E-state index < -0.39 is 6.10 Å². The Kier molecular flexibility index (Phi) is 55.6. The number of carbonyl (C=O) groups excluding carboxylic acids is 3.